The number of carbonyl (C=O) groups excluding carboxylic acids is 2. The summed E-state index contributed by atoms with van der Waals surface area (Å²) in [5, 5.41) is 0. The highest BCUT2D eigenvalue weighted by atomic mass is 16.5. The summed E-state index contributed by atoms with van der Waals surface area (Å²) >= 11 is 0. The van der Waals surface area contributed by atoms with E-state index in [4.69, 9.17) is 0 Å². The Kier molecular flexibility index (Phi) is 5.55. The Balaban J connectivity index is 2.91. The van der Waals surface area contributed by atoms with Gasteiger partial charge in [-0.2, -0.15) is 0 Å². The molecule has 0 heterocycles. The fourth-order valence-electron chi connectivity index (χ4n) is 1.80. The van der Waals surface area contributed by atoms with Gasteiger partial charge in [0.2, 0.25) is 0 Å². The summed E-state index contributed by atoms with van der Waals surface area (Å²) in [4.78, 5) is 25.2. The lowest BCUT2D eigenvalue weighted by Crippen LogP contribution is -2.36. The molecular formula is C15H21NO3. The van der Waals surface area contributed by atoms with Crippen molar-refractivity contribution in [2.24, 2.45) is 0 Å². The molecule has 0 spiro atoms. The average molecular weight is 263 g/mol. The molecule has 1 aromatic carbocycles. The second kappa shape index (κ2) is 6.92. The van der Waals surface area contributed by atoms with Crippen molar-refractivity contribution in [3.05, 3.63) is 34.9 Å². The number of carbonyl (C=O) groups is 2. The van der Waals surface area contributed by atoms with Crippen LogP contribution in [0.4, 0.5) is 0 Å². The Labute approximate surface area is 114 Å². The van der Waals surface area contributed by atoms with Crippen LogP contribution in [0.15, 0.2) is 18.2 Å². The van der Waals surface area contributed by atoms with Crippen LogP contribution >= 0.6 is 0 Å². The summed E-state index contributed by atoms with van der Waals surface area (Å²) in [5.74, 6) is -0.527. The Morgan fingerprint density at radius 3 is 2.42 bits per heavy atom. The number of benzene rings is 1. The highest BCUT2D eigenvalue weighted by Crippen LogP contribution is 2.12. The smallest absolute Gasteiger partial charge is 0.325 e. The zero-order valence-electron chi connectivity index (χ0n) is 12.0. The third-order valence-electron chi connectivity index (χ3n) is 3.08. The summed E-state index contributed by atoms with van der Waals surface area (Å²) in [6.07, 6.45) is 0.799. The van der Waals surface area contributed by atoms with Gasteiger partial charge in [-0.1, -0.05) is 13.0 Å². The van der Waals surface area contributed by atoms with Crippen molar-refractivity contribution >= 4 is 11.9 Å². The van der Waals surface area contributed by atoms with Crippen LogP contribution in [0.3, 0.4) is 0 Å². The number of hydrogen-bond donors (Lipinski definition) is 0. The SMILES string of the molecule is CCCN(CC(=O)OC)C(=O)c1ccc(C)c(C)c1. The maximum atomic E-state index is 12.4. The molecule has 0 unspecified atom stereocenters. The van der Waals surface area contributed by atoms with Gasteiger partial charge >= 0.3 is 5.97 Å². The summed E-state index contributed by atoms with van der Waals surface area (Å²) in [5.41, 5.74) is 2.83. The molecule has 0 aromatic heterocycles. The van der Waals surface area contributed by atoms with Crippen LogP contribution in [0, 0.1) is 13.8 Å². The summed E-state index contributed by atoms with van der Waals surface area (Å²) in [7, 11) is 1.33. The van der Waals surface area contributed by atoms with Gasteiger partial charge in [-0.3, -0.25) is 9.59 Å². The van der Waals surface area contributed by atoms with E-state index in [-0.39, 0.29) is 12.5 Å². The number of rotatable bonds is 5. The van der Waals surface area contributed by atoms with Crippen LogP contribution in [-0.2, 0) is 9.53 Å². The molecule has 1 amide bonds. The lowest BCUT2D eigenvalue weighted by atomic mass is 10.1. The van der Waals surface area contributed by atoms with Gasteiger partial charge in [-0.15, -0.1) is 0 Å². The monoisotopic (exact) mass is 263 g/mol. The zero-order chi connectivity index (χ0) is 14.4. The molecule has 0 aliphatic rings. The van der Waals surface area contributed by atoms with Crippen LogP contribution in [0.25, 0.3) is 0 Å². The number of methoxy groups -OCH3 is 1. The maximum Gasteiger partial charge on any atom is 0.325 e. The van der Waals surface area contributed by atoms with Crippen molar-refractivity contribution in [2.75, 3.05) is 20.2 Å². The highest BCUT2D eigenvalue weighted by molar-refractivity contribution is 5.96. The third-order valence-corrected chi connectivity index (χ3v) is 3.08. The van der Waals surface area contributed by atoms with Gasteiger partial charge in [-0.05, 0) is 43.5 Å². The molecule has 19 heavy (non-hydrogen) atoms. The van der Waals surface area contributed by atoms with Crippen LogP contribution in [0.1, 0.15) is 34.8 Å². The number of aryl methyl sites for hydroxylation is 2. The Morgan fingerprint density at radius 1 is 1.21 bits per heavy atom. The van der Waals surface area contributed by atoms with E-state index in [0.29, 0.717) is 12.1 Å². The van der Waals surface area contributed by atoms with Crippen molar-refractivity contribution in [1.82, 2.24) is 4.90 Å². The number of nitrogens with zero attached hydrogens (tertiary/aromatic N) is 1. The fraction of sp³-hybridized carbons (Fsp3) is 0.467. The minimum Gasteiger partial charge on any atom is -0.468 e. The van der Waals surface area contributed by atoms with E-state index in [1.165, 1.54) is 12.0 Å². The van der Waals surface area contributed by atoms with Gasteiger partial charge in [0.15, 0.2) is 0 Å². The predicted molar refractivity (Wildman–Crippen MR) is 74.1 cm³/mol. The maximum absolute atomic E-state index is 12.4. The van der Waals surface area contributed by atoms with Gasteiger partial charge in [0, 0.05) is 12.1 Å². The summed E-state index contributed by atoms with van der Waals surface area (Å²) in [6.45, 7) is 6.48. The number of hydrogen-bond acceptors (Lipinski definition) is 3. The van der Waals surface area contributed by atoms with E-state index in [0.717, 1.165) is 17.5 Å². The second-order valence-corrected chi connectivity index (χ2v) is 4.60. The molecule has 1 aromatic rings. The van der Waals surface area contributed by atoms with Gasteiger partial charge < -0.3 is 9.64 Å². The minimum atomic E-state index is -0.398. The van der Waals surface area contributed by atoms with Crippen molar-refractivity contribution in [3.63, 3.8) is 0 Å². The van der Waals surface area contributed by atoms with E-state index in [1.807, 2.05) is 32.9 Å². The predicted octanol–water partition coefficient (Wildman–Crippen LogP) is 2.33. The first-order chi connectivity index (χ1) is 8.99. The molecule has 0 radical (unpaired) electrons. The first kappa shape index (κ1) is 15.2. The van der Waals surface area contributed by atoms with Crippen molar-refractivity contribution in [1.29, 1.82) is 0 Å². The van der Waals surface area contributed by atoms with E-state index in [9.17, 15) is 9.59 Å². The molecule has 0 N–H and O–H groups in total. The minimum absolute atomic E-state index is 0.00387. The molecule has 0 saturated carbocycles. The van der Waals surface area contributed by atoms with Crippen LogP contribution in [0.2, 0.25) is 0 Å². The molecule has 0 bridgehead atoms. The molecule has 0 aliphatic heterocycles. The lowest BCUT2D eigenvalue weighted by molar-refractivity contribution is -0.141. The summed E-state index contributed by atoms with van der Waals surface area (Å²) in [6, 6.07) is 5.58. The lowest BCUT2D eigenvalue weighted by Gasteiger charge is -2.21. The van der Waals surface area contributed by atoms with Gasteiger partial charge in [0.25, 0.3) is 5.91 Å². The third kappa shape index (κ3) is 4.09. The molecule has 104 valence electrons. The Morgan fingerprint density at radius 2 is 1.89 bits per heavy atom. The number of amides is 1. The molecular weight excluding hydrogens is 242 g/mol. The molecule has 0 fully saturated rings. The molecule has 0 atom stereocenters. The normalized spacial score (nSPS) is 10.1. The number of esters is 1. The van der Waals surface area contributed by atoms with Crippen LogP contribution in [-0.4, -0.2) is 37.0 Å². The summed E-state index contributed by atoms with van der Waals surface area (Å²) < 4.78 is 4.62. The van der Waals surface area contributed by atoms with Crippen molar-refractivity contribution in [3.8, 4) is 0 Å². The van der Waals surface area contributed by atoms with Gasteiger partial charge in [0.1, 0.15) is 6.54 Å². The number of ether oxygens (including phenoxy) is 1. The van der Waals surface area contributed by atoms with E-state index >= 15 is 0 Å². The van der Waals surface area contributed by atoms with Gasteiger partial charge in [-0.25, -0.2) is 0 Å². The first-order valence-electron chi connectivity index (χ1n) is 6.43. The molecule has 1 rings (SSSR count). The van der Waals surface area contributed by atoms with Crippen LogP contribution < -0.4 is 0 Å². The largest absolute Gasteiger partial charge is 0.468 e. The Hall–Kier alpha value is -1.84. The topological polar surface area (TPSA) is 46.6 Å². The standard InChI is InChI=1S/C15H21NO3/c1-5-8-16(10-14(17)19-4)15(18)13-7-6-11(2)12(3)9-13/h6-7,9H,5,8,10H2,1-4H3. The molecule has 0 aliphatic carbocycles. The second-order valence-electron chi connectivity index (χ2n) is 4.60. The van der Waals surface area contributed by atoms with Crippen molar-refractivity contribution in [2.45, 2.75) is 27.2 Å². The molecule has 4 nitrogen and oxygen atoms in total. The van der Waals surface area contributed by atoms with Crippen molar-refractivity contribution < 1.29 is 14.3 Å². The first-order valence-corrected chi connectivity index (χ1v) is 6.43. The van der Waals surface area contributed by atoms with Gasteiger partial charge in [0.05, 0.1) is 7.11 Å². The molecule has 4 heteroatoms. The Bertz CT molecular complexity index is 468. The van der Waals surface area contributed by atoms with Crippen LogP contribution in [0.5, 0.6) is 0 Å². The quantitative estimate of drug-likeness (QED) is 0.766. The molecule has 0 saturated heterocycles. The zero-order valence-corrected chi connectivity index (χ0v) is 12.0. The van der Waals surface area contributed by atoms with E-state index in [1.54, 1.807) is 6.07 Å². The van der Waals surface area contributed by atoms with E-state index < -0.39 is 5.97 Å². The fourth-order valence-corrected chi connectivity index (χ4v) is 1.80. The average Bonchev–Trinajstić information content (AvgIpc) is 2.40. The highest BCUT2D eigenvalue weighted by Gasteiger charge is 2.18. The van der Waals surface area contributed by atoms with E-state index in [2.05, 4.69) is 4.74 Å².